The summed E-state index contributed by atoms with van der Waals surface area (Å²) in [6.45, 7) is 10.3. The zero-order valence-corrected chi connectivity index (χ0v) is 13.9. The van der Waals surface area contributed by atoms with Crippen LogP contribution in [-0.2, 0) is 26.5 Å². The second-order valence-corrected chi connectivity index (χ2v) is 5.21. The third-order valence-electron chi connectivity index (χ3n) is 2.73. The van der Waals surface area contributed by atoms with Crippen LogP contribution in [0.3, 0.4) is 0 Å². The Morgan fingerprint density at radius 1 is 1.18 bits per heavy atom. The van der Waals surface area contributed by atoms with Crippen LogP contribution in [0, 0.1) is 6.92 Å². The number of Topliss-reactive ketones (excluding diaryl/α,β-unsaturated/α-hetero) is 1. The molecule has 0 radical (unpaired) electrons. The van der Waals surface area contributed by atoms with E-state index in [1.54, 1.807) is 0 Å². The molecule has 0 atom stereocenters. The van der Waals surface area contributed by atoms with Crippen LogP contribution in [0.2, 0.25) is 0 Å². The van der Waals surface area contributed by atoms with Crippen molar-refractivity contribution in [1.82, 2.24) is 0 Å². The molecule has 0 saturated heterocycles. The van der Waals surface area contributed by atoms with Crippen LogP contribution in [0.15, 0.2) is 24.3 Å². The Kier molecular flexibility index (Phi) is 6.93. The average Bonchev–Trinajstić information content (AvgIpc) is 2.25. The van der Waals surface area contributed by atoms with Crippen molar-refractivity contribution >= 4 is 5.78 Å². The van der Waals surface area contributed by atoms with Crippen molar-refractivity contribution in [3.05, 3.63) is 42.3 Å². The van der Waals surface area contributed by atoms with E-state index in [0.29, 0.717) is 6.42 Å². The summed E-state index contributed by atoms with van der Waals surface area (Å²) in [7, 11) is 0. The maximum absolute atomic E-state index is 11.7. The first kappa shape index (κ1) is 16.6. The van der Waals surface area contributed by atoms with Crippen LogP contribution < -0.4 is 0 Å². The Hall–Kier alpha value is -0.422. The summed E-state index contributed by atoms with van der Waals surface area (Å²) in [6, 6.07) is 7.98. The van der Waals surface area contributed by atoms with Gasteiger partial charge in [0.2, 0.25) is 0 Å². The first-order valence-electron chi connectivity index (χ1n) is 5.88. The van der Waals surface area contributed by atoms with E-state index < -0.39 is 0 Å². The monoisotopic (exact) mass is 401 g/mol. The number of carbonyl (C=O) groups is 1. The summed E-state index contributed by atoms with van der Waals surface area (Å²) in [5.41, 5.74) is 2.23. The number of ketones is 1. The fraction of sp³-hybridized carbons (Fsp3) is 0.467. The Morgan fingerprint density at radius 3 is 2.12 bits per heavy atom. The van der Waals surface area contributed by atoms with Crippen LogP contribution in [-0.4, -0.2) is 5.78 Å². The van der Waals surface area contributed by atoms with E-state index >= 15 is 0 Å². The zero-order chi connectivity index (χ0) is 12.2. The minimum atomic E-state index is 0. The van der Waals surface area contributed by atoms with Crippen LogP contribution in [0.5, 0.6) is 0 Å². The molecule has 1 rings (SSSR count). The Balaban J connectivity index is 0.00000256. The third kappa shape index (κ3) is 5.17. The molecule has 0 aromatic heterocycles. The van der Waals surface area contributed by atoms with Crippen molar-refractivity contribution in [2.75, 3.05) is 0 Å². The first-order chi connectivity index (χ1) is 7.45. The van der Waals surface area contributed by atoms with Gasteiger partial charge in [-0.1, -0.05) is 51.5 Å². The van der Waals surface area contributed by atoms with Gasteiger partial charge in [-0.05, 0) is 11.0 Å². The van der Waals surface area contributed by atoms with Gasteiger partial charge in [0.05, 0.1) is 0 Å². The summed E-state index contributed by atoms with van der Waals surface area (Å²) in [6.07, 6.45) is 2.31. The topological polar surface area (TPSA) is 17.1 Å². The largest absolute Gasteiger partial charge is 0.343 e. The summed E-state index contributed by atoms with van der Waals surface area (Å²) >= 11 is 0. The van der Waals surface area contributed by atoms with Gasteiger partial charge in [-0.15, -0.1) is 0 Å². The normalized spacial score (nSPS) is 10.8. The van der Waals surface area contributed by atoms with Crippen molar-refractivity contribution in [3.8, 4) is 0 Å². The number of hydrogen-bond donors (Lipinski definition) is 0. The molecule has 0 fully saturated rings. The molecule has 0 heterocycles. The SMILES string of the molecule is [CH2-]CCCC(=O)c1ccc(C(C)(C)C)cc1.[W]. The number of benzene rings is 1. The molecule has 1 nitrogen and oxygen atoms in total. The van der Waals surface area contributed by atoms with Crippen molar-refractivity contribution < 1.29 is 25.9 Å². The van der Waals surface area contributed by atoms with E-state index in [1.165, 1.54) is 5.56 Å². The molecule has 17 heavy (non-hydrogen) atoms. The van der Waals surface area contributed by atoms with Gasteiger partial charge in [-0.2, -0.15) is 6.42 Å². The predicted octanol–water partition coefficient (Wildman–Crippen LogP) is 4.17. The summed E-state index contributed by atoms with van der Waals surface area (Å²) < 4.78 is 0. The van der Waals surface area contributed by atoms with Gasteiger partial charge in [0.15, 0.2) is 5.78 Å². The fourth-order valence-corrected chi connectivity index (χ4v) is 1.59. The van der Waals surface area contributed by atoms with Gasteiger partial charge >= 0.3 is 0 Å². The molecule has 0 unspecified atom stereocenters. The van der Waals surface area contributed by atoms with Crippen LogP contribution in [0.1, 0.15) is 56.0 Å². The van der Waals surface area contributed by atoms with Crippen molar-refractivity contribution in [2.24, 2.45) is 0 Å². The van der Waals surface area contributed by atoms with Gasteiger partial charge in [-0.25, -0.2) is 0 Å². The Labute approximate surface area is 119 Å². The van der Waals surface area contributed by atoms with Gasteiger partial charge in [0, 0.05) is 33.0 Å². The molecule has 1 aromatic carbocycles. The van der Waals surface area contributed by atoms with E-state index in [1.807, 2.05) is 12.1 Å². The molecular formula is C15H21OW-. The number of rotatable bonds is 4. The van der Waals surface area contributed by atoms with Crippen LogP contribution >= 0.6 is 0 Å². The maximum atomic E-state index is 11.7. The number of unbranched alkanes of at least 4 members (excludes halogenated alkanes) is 1. The van der Waals surface area contributed by atoms with Gasteiger partial charge in [0.1, 0.15) is 0 Å². The van der Waals surface area contributed by atoms with Crippen molar-refractivity contribution in [3.63, 3.8) is 0 Å². The number of hydrogen-bond acceptors (Lipinski definition) is 1. The van der Waals surface area contributed by atoms with Gasteiger partial charge in [-0.3, -0.25) is 4.79 Å². The van der Waals surface area contributed by atoms with E-state index in [0.717, 1.165) is 18.4 Å². The molecule has 0 saturated carbocycles. The van der Waals surface area contributed by atoms with E-state index in [-0.39, 0.29) is 32.3 Å². The minimum Gasteiger partial charge on any atom is -0.343 e. The predicted molar refractivity (Wildman–Crippen MR) is 68.7 cm³/mol. The molecule has 0 aliphatic heterocycles. The molecule has 94 valence electrons. The molecule has 0 spiro atoms. The molecule has 0 aliphatic rings. The molecule has 0 amide bonds. The Morgan fingerprint density at radius 2 is 1.71 bits per heavy atom. The van der Waals surface area contributed by atoms with Crippen LogP contribution in [0.25, 0.3) is 0 Å². The molecule has 0 bridgehead atoms. The van der Waals surface area contributed by atoms with E-state index in [2.05, 4.69) is 39.8 Å². The second-order valence-electron chi connectivity index (χ2n) is 5.21. The fourth-order valence-electron chi connectivity index (χ4n) is 1.59. The molecule has 0 N–H and O–H groups in total. The summed E-state index contributed by atoms with van der Waals surface area (Å²) in [5, 5.41) is 0. The average molecular weight is 401 g/mol. The van der Waals surface area contributed by atoms with Crippen LogP contribution in [0.4, 0.5) is 0 Å². The standard InChI is InChI=1S/C15H21O.W/c1-5-6-7-14(16)12-8-10-13(11-9-12)15(2,3)4;/h8-11H,1,5-7H2,2-4H3;/q-1;. The summed E-state index contributed by atoms with van der Waals surface area (Å²) in [5.74, 6) is 0.226. The molecule has 0 aliphatic carbocycles. The van der Waals surface area contributed by atoms with Gasteiger partial charge < -0.3 is 6.92 Å². The third-order valence-corrected chi connectivity index (χ3v) is 2.73. The minimum absolute atomic E-state index is 0. The number of carbonyl (C=O) groups excluding carboxylic acids is 1. The first-order valence-corrected chi connectivity index (χ1v) is 5.88. The molecule has 2 heteroatoms. The maximum Gasteiger partial charge on any atom is 0.162 e. The summed E-state index contributed by atoms with van der Waals surface area (Å²) in [4.78, 5) is 11.7. The van der Waals surface area contributed by atoms with Gasteiger partial charge in [0.25, 0.3) is 0 Å². The Bertz CT molecular complexity index is 346. The van der Waals surface area contributed by atoms with Crippen molar-refractivity contribution in [2.45, 2.75) is 45.4 Å². The zero-order valence-electron chi connectivity index (χ0n) is 11.0. The molecule has 1 aromatic rings. The molecular weight excluding hydrogens is 380 g/mol. The van der Waals surface area contributed by atoms with Crippen molar-refractivity contribution in [1.29, 1.82) is 0 Å². The van der Waals surface area contributed by atoms with E-state index in [4.69, 9.17) is 0 Å². The van der Waals surface area contributed by atoms with E-state index in [9.17, 15) is 4.79 Å². The smallest absolute Gasteiger partial charge is 0.162 e. The quantitative estimate of drug-likeness (QED) is 0.547. The second kappa shape index (κ2) is 7.11.